The van der Waals surface area contributed by atoms with Crippen LogP contribution >= 0.6 is 0 Å². The number of carbonyl (C=O) groups excluding carboxylic acids is 1. The maximum Gasteiger partial charge on any atom is 0.226 e. The van der Waals surface area contributed by atoms with E-state index in [0.717, 1.165) is 42.4 Å². The zero-order valence-electron chi connectivity index (χ0n) is 29.4. The number of benzene rings is 1. The van der Waals surface area contributed by atoms with Crippen molar-refractivity contribution in [2.24, 2.45) is 50.2 Å². The monoisotopic (exact) mass is 610 g/mol. The van der Waals surface area contributed by atoms with Gasteiger partial charge >= 0.3 is 0 Å². The molecule has 244 valence electrons. The minimum absolute atomic E-state index is 0.170. The normalized spacial score (nSPS) is 42.0. The van der Waals surface area contributed by atoms with E-state index in [0.29, 0.717) is 34.5 Å². The van der Waals surface area contributed by atoms with E-state index in [1.165, 1.54) is 56.9 Å². The molecule has 0 saturated heterocycles. The van der Waals surface area contributed by atoms with Crippen molar-refractivity contribution in [3.63, 3.8) is 0 Å². The Hall–Kier alpha value is -2.36. The van der Waals surface area contributed by atoms with E-state index in [4.69, 9.17) is 4.52 Å². The minimum atomic E-state index is -0.377. The van der Waals surface area contributed by atoms with Crippen LogP contribution in [-0.4, -0.2) is 11.1 Å². The average molecular weight is 611 g/mol. The number of nitrogens with one attached hydrogen (secondary N) is 1. The number of carbonyl (C=O) groups is 1. The molecule has 2 unspecified atom stereocenters. The molecular formula is C41H58N2O2. The third-order valence-electron chi connectivity index (χ3n) is 15.5. The Bertz CT molecular complexity index is 1500. The van der Waals surface area contributed by atoms with Gasteiger partial charge in [-0.3, -0.25) is 4.79 Å². The first-order chi connectivity index (χ1) is 21.1. The van der Waals surface area contributed by atoms with E-state index in [9.17, 15) is 4.79 Å². The third kappa shape index (κ3) is 4.65. The molecule has 5 aliphatic rings. The van der Waals surface area contributed by atoms with E-state index < -0.39 is 0 Å². The number of amides is 1. The second-order valence-corrected chi connectivity index (χ2v) is 18.3. The Labute approximate surface area is 272 Å². The van der Waals surface area contributed by atoms with Crippen molar-refractivity contribution < 1.29 is 9.32 Å². The molecule has 1 amide bonds. The van der Waals surface area contributed by atoms with Crippen molar-refractivity contribution in [2.45, 2.75) is 133 Å². The Morgan fingerprint density at radius 1 is 0.911 bits per heavy atom. The summed E-state index contributed by atoms with van der Waals surface area (Å²) in [6.07, 6.45) is 16.5. The summed E-state index contributed by atoms with van der Waals surface area (Å²) in [5, 5.41) is 7.56. The molecule has 2 aromatic rings. The lowest BCUT2D eigenvalue weighted by molar-refractivity contribution is -0.180. The number of hydrogen-bond donors (Lipinski definition) is 1. The van der Waals surface area contributed by atoms with Crippen molar-refractivity contribution in [3.05, 3.63) is 53.3 Å². The van der Waals surface area contributed by atoms with Gasteiger partial charge in [0.1, 0.15) is 5.69 Å². The first-order valence-electron chi connectivity index (χ1n) is 18.2. The quantitative estimate of drug-likeness (QED) is 0.350. The molecule has 45 heavy (non-hydrogen) atoms. The number of hydrogen-bond acceptors (Lipinski definition) is 3. The van der Waals surface area contributed by atoms with E-state index in [2.05, 4.69) is 96.2 Å². The average Bonchev–Trinajstić information content (AvgIpc) is 3.46. The highest BCUT2D eigenvalue weighted by atomic mass is 16.5. The highest BCUT2D eigenvalue weighted by Crippen LogP contribution is 2.75. The number of aryl methyl sites for hydroxylation is 1. The Kier molecular flexibility index (Phi) is 7.17. The first kappa shape index (κ1) is 31.3. The van der Waals surface area contributed by atoms with E-state index in [-0.39, 0.29) is 22.2 Å². The molecule has 0 aliphatic heterocycles. The van der Waals surface area contributed by atoms with Crippen molar-refractivity contribution in [1.29, 1.82) is 0 Å². The summed E-state index contributed by atoms with van der Waals surface area (Å²) in [6, 6.07) is 10.3. The molecule has 1 aromatic heterocycles. The van der Waals surface area contributed by atoms with Crippen LogP contribution in [0, 0.1) is 57.2 Å². The standard InChI is InChI=1S/C41H58N2O2/c1-27-10-12-28(13-11-27)32-24-29(45-43-32)26-42-35(44)38(5)21-20-37(4)22-23-40(7)30(31(37)25-38)14-15-34-39(6)18-9-17-36(2,3)33(39)16-19-41(34,40)8/h10-14,24,31,33-34H,9,15-23,25-26H2,1-8H3,(H,42,44)/t31-,33?,34?,37+,38-,39-,40-,41+/m0/s1. The minimum Gasteiger partial charge on any atom is -0.359 e. The lowest BCUT2D eigenvalue weighted by Crippen LogP contribution is -2.63. The van der Waals surface area contributed by atoms with Crippen LogP contribution in [-0.2, 0) is 11.3 Å². The Morgan fingerprint density at radius 3 is 2.40 bits per heavy atom. The predicted octanol–water partition coefficient (Wildman–Crippen LogP) is 10.5. The summed E-state index contributed by atoms with van der Waals surface area (Å²) in [5.74, 6) is 2.94. The molecule has 4 nitrogen and oxygen atoms in total. The highest BCUT2D eigenvalue weighted by Gasteiger charge is 2.67. The molecule has 8 atom stereocenters. The first-order valence-corrected chi connectivity index (χ1v) is 18.2. The molecule has 1 aromatic carbocycles. The van der Waals surface area contributed by atoms with Crippen LogP contribution < -0.4 is 5.32 Å². The maximum atomic E-state index is 14.0. The van der Waals surface area contributed by atoms with Crippen molar-refractivity contribution >= 4 is 5.91 Å². The summed E-state index contributed by atoms with van der Waals surface area (Å²) in [6.45, 7) is 20.4. The van der Waals surface area contributed by atoms with Gasteiger partial charge in [0, 0.05) is 17.0 Å². The molecule has 4 saturated carbocycles. The van der Waals surface area contributed by atoms with Crippen LogP contribution in [0.2, 0.25) is 0 Å². The van der Waals surface area contributed by atoms with Gasteiger partial charge in [0.2, 0.25) is 5.91 Å². The topological polar surface area (TPSA) is 55.1 Å². The summed E-state index contributed by atoms with van der Waals surface area (Å²) in [7, 11) is 0. The second kappa shape index (κ2) is 10.3. The zero-order valence-corrected chi connectivity index (χ0v) is 29.4. The maximum absolute atomic E-state index is 14.0. The summed E-state index contributed by atoms with van der Waals surface area (Å²) in [5.41, 5.74) is 6.14. The van der Waals surface area contributed by atoms with E-state index >= 15 is 0 Å². The molecule has 0 radical (unpaired) electrons. The predicted molar refractivity (Wildman–Crippen MR) is 182 cm³/mol. The van der Waals surface area contributed by atoms with Crippen LogP contribution in [0.15, 0.2) is 46.5 Å². The molecule has 4 heteroatoms. The van der Waals surface area contributed by atoms with E-state index in [1.54, 1.807) is 5.57 Å². The van der Waals surface area contributed by atoms with Gasteiger partial charge in [-0.05, 0) is 116 Å². The fourth-order valence-corrected chi connectivity index (χ4v) is 12.3. The van der Waals surface area contributed by atoms with Gasteiger partial charge in [-0.1, -0.05) is 102 Å². The number of allylic oxidation sites excluding steroid dienone is 2. The SMILES string of the molecule is Cc1ccc(-c2cc(CNC(=O)[C@@]3(C)CC[C@]4(C)CC[C@@]5(C)C(=CCC6[C@@]7(C)CCCC(C)(C)C7CC[C@]65C)[C@@H]4C3)on2)cc1. The molecule has 7 rings (SSSR count). The van der Waals surface area contributed by atoms with Gasteiger partial charge in [-0.15, -0.1) is 0 Å². The smallest absolute Gasteiger partial charge is 0.226 e. The fraction of sp³-hybridized carbons (Fsp3) is 0.707. The van der Waals surface area contributed by atoms with Gasteiger partial charge in [0.15, 0.2) is 5.76 Å². The molecule has 0 spiro atoms. The van der Waals surface area contributed by atoms with Crippen molar-refractivity contribution in [2.75, 3.05) is 0 Å². The molecule has 1 heterocycles. The van der Waals surface area contributed by atoms with Crippen LogP contribution in [0.5, 0.6) is 0 Å². The Balaban J connectivity index is 1.11. The lowest BCUT2D eigenvalue weighted by atomic mass is 9.34. The van der Waals surface area contributed by atoms with Gasteiger partial charge in [-0.25, -0.2) is 0 Å². The van der Waals surface area contributed by atoms with Crippen LogP contribution in [0.3, 0.4) is 0 Å². The summed E-state index contributed by atoms with van der Waals surface area (Å²) < 4.78 is 5.65. The number of aromatic nitrogens is 1. The van der Waals surface area contributed by atoms with Gasteiger partial charge < -0.3 is 9.84 Å². The molecule has 1 N–H and O–H groups in total. The van der Waals surface area contributed by atoms with Crippen LogP contribution in [0.4, 0.5) is 0 Å². The number of fused-ring (bicyclic) bond motifs is 7. The third-order valence-corrected chi connectivity index (χ3v) is 15.5. The van der Waals surface area contributed by atoms with Gasteiger partial charge in [-0.2, -0.15) is 0 Å². The van der Waals surface area contributed by atoms with Crippen molar-refractivity contribution in [3.8, 4) is 11.3 Å². The lowest BCUT2D eigenvalue weighted by Gasteiger charge is -2.71. The van der Waals surface area contributed by atoms with Crippen LogP contribution in [0.1, 0.15) is 130 Å². The fourth-order valence-electron chi connectivity index (χ4n) is 12.3. The second-order valence-electron chi connectivity index (χ2n) is 18.3. The molecule has 5 aliphatic carbocycles. The molecular weight excluding hydrogens is 552 g/mol. The number of rotatable bonds is 4. The van der Waals surface area contributed by atoms with Crippen LogP contribution in [0.25, 0.3) is 11.3 Å². The summed E-state index contributed by atoms with van der Waals surface area (Å²) in [4.78, 5) is 14.0. The largest absolute Gasteiger partial charge is 0.359 e. The van der Waals surface area contributed by atoms with Gasteiger partial charge in [0.05, 0.1) is 6.54 Å². The van der Waals surface area contributed by atoms with Gasteiger partial charge in [0.25, 0.3) is 0 Å². The Morgan fingerprint density at radius 2 is 1.64 bits per heavy atom. The van der Waals surface area contributed by atoms with E-state index in [1.807, 2.05) is 6.07 Å². The molecule has 4 fully saturated rings. The van der Waals surface area contributed by atoms with Crippen molar-refractivity contribution in [1.82, 2.24) is 10.5 Å². The number of nitrogens with zero attached hydrogens (tertiary/aromatic N) is 1. The zero-order chi connectivity index (χ0) is 32.0. The molecule has 0 bridgehead atoms. The summed E-state index contributed by atoms with van der Waals surface area (Å²) >= 11 is 0. The highest BCUT2D eigenvalue weighted by molar-refractivity contribution is 5.82.